The minimum atomic E-state index is -4.77. The fourth-order valence-electron chi connectivity index (χ4n) is 3.50. The first-order valence-corrected chi connectivity index (χ1v) is 11.4. The van der Waals surface area contributed by atoms with Crippen LogP contribution in [0.3, 0.4) is 0 Å². The molecule has 2 aromatic carbocycles. The summed E-state index contributed by atoms with van der Waals surface area (Å²) in [4.78, 5) is 12.9. The van der Waals surface area contributed by atoms with Gasteiger partial charge in [-0.25, -0.2) is 8.42 Å². The normalized spacial score (nSPS) is 17.3. The minimum Gasteiger partial charge on any atom is -0.406 e. The summed E-state index contributed by atoms with van der Waals surface area (Å²) in [6, 6.07) is 11.4. The molecule has 1 aliphatic heterocycles. The molecule has 1 fully saturated rings. The Morgan fingerprint density at radius 3 is 2.23 bits per heavy atom. The maximum absolute atomic E-state index is 12.9. The van der Waals surface area contributed by atoms with Gasteiger partial charge >= 0.3 is 6.36 Å². The fraction of sp³-hybridized carbons (Fsp3) is 0.381. The number of hydrogen-bond donors (Lipinski definition) is 0. The van der Waals surface area contributed by atoms with E-state index in [1.807, 2.05) is 0 Å². The average molecular weight is 476 g/mol. The van der Waals surface area contributed by atoms with Crippen molar-refractivity contribution in [2.75, 3.05) is 13.1 Å². The maximum Gasteiger partial charge on any atom is 0.573 e. The van der Waals surface area contributed by atoms with Crippen molar-refractivity contribution in [1.29, 1.82) is 0 Å². The number of ketones is 1. The number of halogens is 4. The third-order valence-corrected chi connectivity index (χ3v) is 7.87. The molecule has 0 atom stereocenters. The second kappa shape index (κ2) is 8.80. The first kappa shape index (κ1) is 23.6. The van der Waals surface area contributed by atoms with Gasteiger partial charge in [-0.3, -0.25) is 4.79 Å². The zero-order chi connectivity index (χ0) is 22.9. The van der Waals surface area contributed by atoms with Crippen LogP contribution in [0.4, 0.5) is 13.2 Å². The quantitative estimate of drug-likeness (QED) is 0.599. The molecule has 0 radical (unpaired) electrons. The first-order chi connectivity index (χ1) is 14.4. The van der Waals surface area contributed by atoms with Crippen LogP contribution in [0.5, 0.6) is 5.75 Å². The van der Waals surface area contributed by atoms with Crippen molar-refractivity contribution in [3.05, 3.63) is 59.1 Å². The molecule has 0 unspecified atom stereocenters. The molecule has 3 rings (SSSR count). The van der Waals surface area contributed by atoms with E-state index in [2.05, 4.69) is 4.74 Å². The van der Waals surface area contributed by atoms with Crippen molar-refractivity contribution >= 4 is 27.4 Å². The first-order valence-electron chi connectivity index (χ1n) is 9.53. The second-order valence-electron chi connectivity index (χ2n) is 7.69. The van der Waals surface area contributed by atoms with Crippen molar-refractivity contribution in [1.82, 2.24) is 4.31 Å². The number of nitrogens with zero attached hydrogens (tertiary/aromatic N) is 1. The van der Waals surface area contributed by atoms with Crippen LogP contribution < -0.4 is 4.74 Å². The minimum absolute atomic E-state index is 0.0350. The molecule has 168 valence electrons. The smallest absolute Gasteiger partial charge is 0.406 e. The lowest BCUT2D eigenvalue weighted by Gasteiger charge is -2.37. The molecular weight excluding hydrogens is 455 g/mol. The summed E-state index contributed by atoms with van der Waals surface area (Å²) >= 11 is 6.04. The van der Waals surface area contributed by atoms with Crippen LogP contribution in [0.25, 0.3) is 0 Å². The van der Waals surface area contributed by atoms with Gasteiger partial charge in [0.2, 0.25) is 10.0 Å². The van der Waals surface area contributed by atoms with Crippen LogP contribution in [0.1, 0.15) is 25.3 Å². The molecule has 1 heterocycles. The lowest BCUT2D eigenvalue weighted by molar-refractivity contribution is -0.274. The van der Waals surface area contributed by atoms with Crippen LogP contribution in [0.2, 0.25) is 5.02 Å². The van der Waals surface area contributed by atoms with Gasteiger partial charge in [-0.15, -0.1) is 13.2 Å². The highest BCUT2D eigenvalue weighted by atomic mass is 35.5. The number of piperidine rings is 1. The topological polar surface area (TPSA) is 63.7 Å². The van der Waals surface area contributed by atoms with E-state index in [0.717, 1.165) is 12.1 Å². The largest absolute Gasteiger partial charge is 0.573 e. The van der Waals surface area contributed by atoms with E-state index >= 15 is 0 Å². The Bertz CT molecular complexity index is 1050. The zero-order valence-electron chi connectivity index (χ0n) is 16.7. The van der Waals surface area contributed by atoms with E-state index < -0.39 is 21.8 Å². The Labute approximate surface area is 183 Å². The Balaban J connectivity index is 1.63. The monoisotopic (exact) mass is 475 g/mol. The molecular formula is C21H21ClF3NO4S. The molecule has 0 saturated carbocycles. The molecule has 0 aromatic heterocycles. The number of carbonyl (C=O) groups is 1. The van der Waals surface area contributed by atoms with Crippen LogP contribution in [0, 0.1) is 5.41 Å². The molecule has 1 aliphatic rings. The van der Waals surface area contributed by atoms with Crippen molar-refractivity contribution < 1.29 is 31.1 Å². The summed E-state index contributed by atoms with van der Waals surface area (Å²) in [7, 11) is -3.76. The second-order valence-corrected chi connectivity index (χ2v) is 10.0. The molecule has 10 heteroatoms. The van der Waals surface area contributed by atoms with Crippen molar-refractivity contribution in [2.45, 2.75) is 37.4 Å². The highest BCUT2D eigenvalue weighted by Crippen LogP contribution is 2.36. The summed E-state index contributed by atoms with van der Waals surface area (Å²) in [5, 5.41) is 0.143. The number of carbonyl (C=O) groups excluding carboxylic acids is 1. The van der Waals surface area contributed by atoms with Gasteiger partial charge in [0.25, 0.3) is 0 Å². The van der Waals surface area contributed by atoms with Gasteiger partial charge in [0.1, 0.15) is 16.4 Å². The Morgan fingerprint density at radius 1 is 1.10 bits per heavy atom. The van der Waals surface area contributed by atoms with Gasteiger partial charge in [0.05, 0.1) is 5.02 Å². The third kappa shape index (κ3) is 5.58. The summed E-state index contributed by atoms with van der Waals surface area (Å²) in [6.45, 7) is 2.14. The van der Waals surface area contributed by atoms with Crippen LogP contribution in [-0.2, 0) is 21.2 Å². The van der Waals surface area contributed by atoms with Gasteiger partial charge in [0.15, 0.2) is 0 Å². The molecule has 5 nitrogen and oxygen atoms in total. The summed E-state index contributed by atoms with van der Waals surface area (Å²) < 4.78 is 67.7. The third-order valence-electron chi connectivity index (χ3n) is 5.48. The molecule has 0 spiro atoms. The van der Waals surface area contributed by atoms with E-state index in [-0.39, 0.29) is 41.0 Å². The lowest BCUT2D eigenvalue weighted by atomic mass is 9.75. The van der Waals surface area contributed by atoms with Crippen molar-refractivity contribution in [3.8, 4) is 5.75 Å². The van der Waals surface area contributed by atoms with E-state index in [4.69, 9.17) is 11.6 Å². The standard InChI is InChI=1S/C21H21ClF3NO4S/c1-20(19(27)14-15-6-8-16(9-7-15)30-21(23,24)25)10-12-26(13-11-20)31(28,29)18-5-3-2-4-17(18)22/h2-9H,10-14H2,1H3. The molecule has 31 heavy (non-hydrogen) atoms. The molecule has 2 aromatic rings. The molecule has 0 N–H and O–H groups in total. The van der Waals surface area contributed by atoms with Crippen LogP contribution in [0.15, 0.2) is 53.4 Å². The van der Waals surface area contributed by atoms with Gasteiger partial charge in [-0.05, 0) is 42.7 Å². The summed E-state index contributed by atoms with van der Waals surface area (Å²) in [5.41, 5.74) is -0.167. The highest BCUT2D eigenvalue weighted by molar-refractivity contribution is 7.89. The molecule has 0 amide bonds. The van der Waals surface area contributed by atoms with Crippen LogP contribution in [-0.4, -0.2) is 38.0 Å². The van der Waals surface area contributed by atoms with Gasteiger partial charge in [-0.1, -0.05) is 42.8 Å². The summed E-state index contributed by atoms with van der Waals surface area (Å²) in [5.74, 6) is -0.445. The zero-order valence-corrected chi connectivity index (χ0v) is 18.2. The number of benzene rings is 2. The van der Waals surface area contributed by atoms with Crippen LogP contribution >= 0.6 is 11.6 Å². The number of Topliss-reactive ketones (excluding diaryl/α,β-unsaturated/α-hetero) is 1. The number of sulfonamides is 1. The maximum atomic E-state index is 12.9. The van der Waals surface area contributed by atoms with Crippen molar-refractivity contribution in [3.63, 3.8) is 0 Å². The van der Waals surface area contributed by atoms with Gasteiger partial charge in [-0.2, -0.15) is 4.31 Å². The Hall–Kier alpha value is -2.10. The molecule has 0 aliphatic carbocycles. The van der Waals surface area contributed by atoms with Crippen molar-refractivity contribution in [2.24, 2.45) is 5.41 Å². The van der Waals surface area contributed by atoms with E-state index in [0.29, 0.717) is 18.4 Å². The van der Waals surface area contributed by atoms with Gasteiger partial charge < -0.3 is 4.74 Å². The lowest BCUT2D eigenvalue weighted by Crippen LogP contribution is -2.45. The molecule has 0 bridgehead atoms. The van der Waals surface area contributed by atoms with E-state index in [9.17, 15) is 26.4 Å². The summed E-state index contributed by atoms with van der Waals surface area (Å²) in [6.07, 6.45) is -4.06. The number of alkyl halides is 3. The highest BCUT2D eigenvalue weighted by Gasteiger charge is 2.40. The Morgan fingerprint density at radius 2 is 1.68 bits per heavy atom. The van der Waals surface area contributed by atoms with E-state index in [1.165, 1.54) is 28.6 Å². The predicted molar refractivity (Wildman–Crippen MR) is 109 cm³/mol. The fourth-order valence-corrected chi connectivity index (χ4v) is 5.43. The van der Waals surface area contributed by atoms with E-state index in [1.54, 1.807) is 19.1 Å². The SMILES string of the molecule is CC1(C(=O)Cc2ccc(OC(F)(F)F)cc2)CCN(S(=O)(=O)c2ccccc2Cl)CC1. The average Bonchev–Trinajstić information content (AvgIpc) is 2.69. The molecule has 1 saturated heterocycles. The van der Waals surface area contributed by atoms with Gasteiger partial charge in [0, 0.05) is 24.9 Å². The number of hydrogen-bond acceptors (Lipinski definition) is 4. The number of rotatable bonds is 6. The Kier molecular flexibility index (Phi) is 6.69. The number of ether oxygens (including phenoxy) is 1. The predicted octanol–water partition coefficient (Wildman–Crippen LogP) is 4.84.